The molecule has 11 heteroatoms. The average molecular weight is 390 g/mol. The highest BCUT2D eigenvalue weighted by Crippen LogP contribution is 2.17. The van der Waals surface area contributed by atoms with Crippen LogP contribution in [0.3, 0.4) is 0 Å². The minimum absolute atomic E-state index is 0.117. The number of nitrogens with zero attached hydrogens (tertiary/aromatic N) is 4. The number of rotatable bonds is 3. The van der Waals surface area contributed by atoms with E-state index in [0.717, 1.165) is 4.68 Å². The van der Waals surface area contributed by atoms with Crippen molar-refractivity contribution in [3.8, 4) is 0 Å². The van der Waals surface area contributed by atoms with Gasteiger partial charge in [0, 0.05) is 5.56 Å². The number of sulfonamides is 1. The fraction of sp³-hybridized carbons (Fsp3) is 0.250. The lowest BCUT2D eigenvalue weighted by Gasteiger charge is -2.19. The van der Waals surface area contributed by atoms with E-state index in [1.165, 1.54) is 36.8 Å². The summed E-state index contributed by atoms with van der Waals surface area (Å²) in [6.45, 7) is 5.79. The van der Waals surface area contributed by atoms with Gasteiger partial charge >= 0.3 is 0 Å². The molecule has 2 heterocycles. The number of nitrogens with one attached hydrogen (secondary N) is 1. The van der Waals surface area contributed by atoms with Crippen molar-refractivity contribution in [3.05, 3.63) is 52.7 Å². The lowest BCUT2D eigenvalue weighted by Crippen LogP contribution is -2.33. The summed E-state index contributed by atoms with van der Waals surface area (Å²) in [7, 11) is -3.85. The molecule has 2 aromatic heterocycles. The molecule has 3 rings (SSSR count). The van der Waals surface area contributed by atoms with E-state index in [9.17, 15) is 18.0 Å². The zero-order chi connectivity index (χ0) is 20.0. The van der Waals surface area contributed by atoms with Crippen LogP contribution in [-0.2, 0) is 15.6 Å². The van der Waals surface area contributed by atoms with E-state index in [2.05, 4.69) is 15.5 Å². The van der Waals surface area contributed by atoms with Gasteiger partial charge in [0.05, 0.1) is 16.6 Å². The van der Waals surface area contributed by atoms with Crippen LogP contribution >= 0.6 is 0 Å². The Hall–Kier alpha value is -3.05. The third-order valence-electron chi connectivity index (χ3n) is 3.79. The predicted molar refractivity (Wildman–Crippen MR) is 98.3 cm³/mol. The van der Waals surface area contributed by atoms with Crippen LogP contribution in [0.15, 0.2) is 46.5 Å². The van der Waals surface area contributed by atoms with Crippen LogP contribution in [0, 0.1) is 0 Å². The minimum Gasteiger partial charge on any atom is -0.267 e. The molecule has 1 aromatic carbocycles. The van der Waals surface area contributed by atoms with E-state index in [1.807, 2.05) is 20.8 Å². The first-order valence-electron chi connectivity index (χ1n) is 7.88. The maximum atomic E-state index is 12.6. The van der Waals surface area contributed by atoms with Crippen LogP contribution in [0.5, 0.6) is 0 Å². The number of carbonyl (C=O) groups excluding carboxylic acids is 1. The zero-order valence-electron chi connectivity index (χ0n) is 14.9. The average Bonchev–Trinajstić information content (AvgIpc) is 3.02. The summed E-state index contributed by atoms with van der Waals surface area (Å²) in [5.74, 6) is -0.609. The summed E-state index contributed by atoms with van der Waals surface area (Å²) in [5, 5.41) is 9.48. The van der Waals surface area contributed by atoms with Crippen molar-refractivity contribution in [2.45, 2.75) is 31.2 Å². The van der Waals surface area contributed by atoms with Crippen LogP contribution in [0.1, 0.15) is 31.1 Å². The third kappa shape index (κ3) is 3.59. The Balaban J connectivity index is 1.92. The topological polar surface area (TPSA) is 142 Å². The maximum absolute atomic E-state index is 12.6. The number of benzene rings is 1. The molecule has 10 nitrogen and oxygen atoms in total. The number of hydrogen-bond donors (Lipinski definition) is 2. The third-order valence-corrected chi connectivity index (χ3v) is 4.72. The molecule has 27 heavy (non-hydrogen) atoms. The normalized spacial score (nSPS) is 12.3. The summed E-state index contributed by atoms with van der Waals surface area (Å²) in [6, 6.07) is 5.01. The number of fused-ring (bicyclic) bond motifs is 1. The summed E-state index contributed by atoms with van der Waals surface area (Å²) in [5.41, 5.74) is 2.13. The van der Waals surface area contributed by atoms with Crippen molar-refractivity contribution < 1.29 is 13.2 Å². The largest absolute Gasteiger partial charge is 0.283 e. The molecule has 0 aliphatic heterocycles. The Morgan fingerprint density at radius 2 is 1.81 bits per heavy atom. The molecule has 0 atom stereocenters. The fourth-order valence-electron chi connectivity index (χ4n) is 2.45. The molecular formula is C16H18N6O4S. The highest BCUT2D eigenvalue weighted by atomic mass is 32.2. The fourth-order valence-corrected chi connectivity index (χ4v) is 2.97. The molecule has 0 saturated carbocycles. The van der Waals surface area contributed by atoms with Crippen molar-refractivity contribution in [2.24, 2.45) is 5.14 Å². The number of aromatic nitrogens is 4. The molecule has 0 radical (unpaired) electrons. The minimum atomic E-state index is -3.85. The molecule has 3 N–H and O–H groups in total. The molecule has 0 bridgehead atoms. The van der Waals surface area contributed by atoms with Crippen LogP contribution in [0.25, 0.3) is 11.0 Å². The quantitative estimate of drug-likeness (QED) is 0.662. The Kier molecular flexibility index (Phi) is 4.36. The SMILES string of the molecule is CC(C)(C)n1ncc2c(=O)n(NC(=O)c3ccc(S(N)(=O)=O)cc3)cnc21. The van der Waals surface area contributed by atoms with E-state index in [1.54, 1.807) is 4.68 Å². The van der Waals surface area contributed by atoms with E-state index < -0.39 is 21.5 Å². The molecule has 0 saturated heterocycles. The lowest BCUT2D eigenvalue weighted by molar-refractivity contribution is 0.101. The summed E-state index contributed by atoms with van der Waals surface area (Å²) in [4.78, 5) is 29.0. The van der Waals surface area contributed by atoms with Crippen LogP contribution in [-0.4, -0.2) is 33.8 Å². The highest BCUT2D eigenvalue weighted by molar-refractivity contribution is 7.89. The van der Waals surface area contributed by atoms with Crippen molar-refractivity contribution in [1.29, 1.82) is 0 Å². The highest BCUT2D eigenvalue weighted by Gasteiger charge is 2.20. The van der Waals surface area contributed by atoms with Gasteiger partial charge in [-0.1, -0.05) is 0 Å². The maximum Gasteiger partial charge on any atom is 0.283 e. The molecule has 0 unspecified atom stereocenters. The van der Waals surface area contributed by atoms with Gasteiger partial charge in [-0.05, 0) is 45.0 Å². The first-order chi connectivity index (χ1) is 12.5. The van der Waals surface area contributed by atoms with Crippen LogP contribution in [0.4, 0.5) is 0 Å². The number of primary sulfonamides is 1. The Morgan fingerprint density at radius 1 is 1.19 bits per heavy atom. The standard InChI is InChI=1S/C16H18N6O4S/c1-16(2,3)22-13-12(8-19-22)15(24)21(9-18-13)20-14(23)10-4-6-11(7-5-10)27(17,25)26/h4-9H,1-3H3,(H,20,23)(H2,17,25,26). The Labute approximate surface area is 154 Å². The summed E-state index contributed by atoms with van der Waals surface area (Å²) >= 11 is 0. The van der Waals surface area contributed by atoms with E-state index in [0.29, 0.717) is 5.65 Å². The molecule has 3 aromatic rings. The number of carbonyl (C=O) groups is 1. The number of hydrogen-bond acceptors (Lipinski definition) is 6. The van der Waals surface area contributed by atoms with Crippen molar-refractivity contribution in [1.82, 2.24) is 19.4 Å². The van der Waals surface area contributed by atoms with Gasteiger partial charge in [-0.3, -0.25) is 15.0 Å². The zero-order valence-corrected chi connectivity index (χ0v) is 15.7. The van der Waals surface area contributed by atoms with E-state index in [4.69, 9.17) is 5.14 Å². The summed E-state index contributed by atoms with van der Waals surface area (Å²) < 4.78 is 25.1. The van der Waals surface area contributed by atoms with Gasteiger partial charge in [0.2, 0.25) is 10.0 Å². The Morgan fingerprint density at radius 3 is 2.37 bits per heavy atom. The van der Waals surface area contributed by atoms with Crippen LogP contribution in [0.2, 0.25) is 0 Å². The van der Waals surface area contributed by atoms with Gasteiger partial charge in [0.15, 0.2) is 5.65 Å². The van der Waals surface area contributed by atoms with Gasteiger partial charge in [-0.2, -0.15) is 5.10 Å². The smallest absolute Gasteiger partial charge is 0.267 e. The van der Waals surface area contributed by atoms with Gasteiger partial charge in [-0.25, -0.2) is 27.9 Å². The molecule has 1 amide bonds. The Bertz CT molecular complexity index is 1190. The molecular weight excluding hydrogens is 372 g/mol. The van der Waals surface area contributed by atoms with E-state index >= 15 is 0 Å². The second kappa shape index (κ2) is 6.28. The van der Waals surface area contributed by atoms with Crippen molar-refractivity contribution >= 4 is 27.0 Å². The van der Waals surface area contributed by atoms with Gasteiger partial charge in [0.25, 0.3) is 11.5 Å². The second-order valence-electron chi connectivity index (χ2n) is 6.89. The second-order valence-corrected chi connectivity index (χ2v) is 8.46. The molecule has 0 fully saturated rings. The van der Waals surface area contributed by atoms with E-state index in [-0.39, 0.29) is 21.4 Å². The molecule has 0 aliphatic rings. The molecule has 0 spiro atoms. The molecule has 0 aliphatic carbocycles. The molecule has 142 valence electrons. The van der Waals surface area contributed by atoms with Crippen molar-refractivity contribution in [2.75, 3.05) is 5.43 Å². The predicted octanol–water partition coefficient (Wildman–Crippen LogP) is 0.379. The van der Waals surface area contributed by atoms with Crippen LogP contribution < -0.4 is 16.1 Å². The first-order valence-corrected chi connectivity index (χ1v) is 9.43. The lowest BCUT2D eigenvalue weighted by atomic mass is 10.1. The first kappa shape index (κ1) is 18.7. The van der Waals surface area contributed by atoms with Gasteiger partial charge < -0.3 is 0 Å². The van der Waals surface area contributed by atoms with Gasteiger partial charge in [0.1, 0.15) is 11.7 Å². The monoisotopic (exact) mass is 390 g/mol. The number of amides is 1. The van der Waals surface area contributed by atoms with Crippen molar-refractivity contribution in [3.63, 3.8) is 0 Å². The summed E-state index contributed by atoms with van der Waals surface area (Å²) in [6.07, 6.45) is 2.60. The number of nitrogens with two attached hydrogens (primary N) is 1. The van der Waals surface area contributed by atoms with Gasteiger partial charge in [-0.15, -0.1) is 0 Å².